The van der Waals surface area contributed by atoms with Crippen molar-refractivity contribution in [2.24, 2.45) is 14.1 Å². The zero-order chi connectivity index (χ0) is 23.6. The summed E-state index contributed by atoms with van der Waals surface area (Å²) in [5, 5.41) is 0. The second-order valence-corrected chi connectivity index (χ2v) is 9.62. The minimum atomic E-state index is -4.64. The molecule has 0 amide bonds. The average Bonchev–Trinajstić information content (AvgIpc) is 3.19. The van der Waals surface area contributed by atoms with E-state index in [2.05, 4.69) is 9.97 Å². The fraction of sp³-hybridized carbons (Fsp3) is 0.350. The molecule has 0 saturated heterocycles. The van der Waals surface area contributed by atoms with Gasteiger partial charge in [0.05, 0.1) is 38.9 Å². The Kier molecular flexibility index (Phi) is 4.96. The SMILES string of the molecule is CCn1c(=O)n(C)c2cc(-c3nc4cc(C(F)(F)F)ncc4n3C)c(S(=O)(=O)CC)cc21. The molecule has 0 atom stereocenters. The van der Waals surface area contributed by atoms with Crippen LogP contribution in [0.25, 0.3) is 33.5 Å². The van der Waals surface area contributed by atoms with Crippen LogP contribution in [0.2, 0.25) is 0 Å². The van der Waals surface area contributed by atoms with Gasteiger partial charge in [-0.3, -0.25) is 9.13 Å². The fourth-order valence-electron chi connectivity index (χ4n) is 3.81. The molecule has 4 aromatic rings. The van der Waals surface area contributed by atoms with E-state index in [9.17, 15) is 26.4 Å². The standard InChI is InChI=1S/C20H20F3N5O3S/c1-5-28-14-9-16(32(30,31)6-2)11(7-13(14)27(4)19(28)29)18-25-12-8-17(20(21,22)23)24-10-15(12)26(18)3/h7-10H,5-6H2,1-4H3. The van der Waals surface area contributed by atoms with Gasteiger partial charge in [-0.1, -0.05) is 6.92 Å². The number of fused-ring (bicyclic) bond motifs is 2. The van der Waals surface area contributed by atoms with Gasteiger partial charge in [-0.25, -0.2) is 23.2 Å². The lowest BCUT2D eigenvalue weighted by Crippen LogP contribution is -2.21. The van der Waals surface area contributed by atoms with E-state index in [0.717, 1.165) is 12.3 Å². The molecule has 0 aliphatic heterocycles. The van der Waals surface area contributed by atoms with Gasteiger partial charge in [-0.2, -0.15) is 13.2 Å². The Bertz CT molecular complexity index is 1540. The molecule has 0 N–H and O–H groups in total. The third-order valence-corrected chi connectivity index (χ3v) is 7.34. The van der Waals surface area contributed by atoms with Gasteiger partial charge in [0.1, 0.15) is 11.5 Å². The lowest BCUT2D eigenvalue weighted by molar-refractivity contribution is -0.141. The van der Waals surface area contributed by atoms with Crippen LogP contribution in [0.15, 0.2) is 34.1 Å². The molecular weight excluding hydrogens is 447 g/mol. The van der Waals surface area contributed by atoms with Gasteiger partial charge in [0.2, 0.25) is 0 Å². The third-order valence-electron chi connectivity index (χ3n) is 5.58. The van der Waals surface area contributed by atoms with Crippen molar-refractivity contribution in [3.05, 3.63) is 40.6 Å². The second kappa shape index (κ2) is 7.19. The van der Waals surface area contributed by atoms with Gasteiger partial charge >= 0.3 is 11.9 Å². The highest BCUT2D eigenvalue weighted by molar-refractivity contribution is 7.91. The Morgan fingerprint density at radius 2 is 1.69 bits per heavy atom. The van der Waals surface area contributed by atoms with Crippen molar-refractivity contribution in [3.63, 3.8) is 0 Å². The van der Waals surface area contributed by atoms with Gasteiger partial charge in [0.15, 0.2) is 9.84 Å². The Morgan fingerprint density at radius 3 is 2.28 bits per heavy atom. The maximum Gasteiger partial charge on any atom is 0.433 e. The molecule has 0 saturated carbocycles. The molecule has 170 valence electrons. The Labute approximate surface area is 180 Å². The maximum atomic E-state index is 13.1. The highest BCUT2D eigenvalue weighted by atomic mass is 32.2. The summed E-state index contributed by atoms with van der Waals surface area (Å²) in [6.45, 7) is 3.62. The number of hydrogen-bond acceptors (Lipinski definition) is 5. The summed E-state index contributed by atoms with van der Waals surface area (Å²) in [5.74, 6) is -0.0370. The number of pyridine rings is 1. The van der Waals surface area contributed by atoms with Crippen LogP contribution in [0.1, 0.15) is 19.5 Å². The molecule has 0 unspecified atom stereocenters. The van der Waals surface area contributed by atoms with Crippen molar-refractivity contribution in [3.8, 4) is 11.4 Å². The summed E-state index contributed by atoms with van der Waals surface area (Å²) in [4.78, 5) is 20.3. The number of imidazole rings is 2. The molecule has 0 aliphatic rings. The lowest BCUT2D eigenvalue weighted by atomic mass is 10.1. The van der Waals surface area contributed by atoms with Crippen LogP contribution in [0.3, 0.4) is 0 Å². The molecule has 0 aliphatic carbocycles. The van der Waals surface area contributed by atoms with Gasteiger partial charge in [-0.15, -0.1) is 0 Å². The molecule has 0 radical (unpaired) electrons. The van der Waals surface area contributed by atoms with Crippen molar-refractivity contribution < 1.29 is 21.6 Å². The molecule has 0 spiro atoms. The van der Waals surface area contributed by atoms with Crippen molar-refractivity contribution in [1.29, 1.82) is 0 Å². The van der Waals surface area contributed by atoms with Crippen LogP contribution in [-0.2, 0) is 36.7 Å². The van der Waals surface area contributed by atoms with E-state index in [1.165, 1.54) is 26.7 Å². The van der Waals surface area contributed by atoms with Crippen LogP contribution in [0.4, 0.5) is 13.2 Å². The van der Waals surface area contributed by atoms with Crippen molar-refractivity contribution in [2.75, 3.05) is 5.75 Å². The second-order valence-electron chi connectivity index (χ2n) is 7.38. The summed E-state index contributed by atoms with van der Waals surface area (Å²) in [5.41, 5.74) is 0.101. The molecule has 3 heterocycles. The topological polar surface area (TPSA) is 91.8 Å². The number of aromatic nitrogens is 5. The van der Waals surface area contributed by atoms with Crippen molar-refractivity contribution in [2.45, 2.75) is 31.5 Å². The molecule has 32 heavy (non-hydrogen) atoms. The van der Waals surface area contributed by atoms with Crippen LogP contribution < -0.4 is 5.69 Å². The molecule has 8 nitrogen and oxygen atoms in total. The number of rotatable bonds is 4. The summed E-state index contributed by atoms with van der Waals surface area (Å²) in [6.07, 6.45) is -3.58. The van der Waals surface area contributed by atoms with E-state index in [0.29, 0.717) is 23.1 Å². The zero-order valence-electron chi connectivity index (χ0n) is 17.7. The van der Waals surface area contributed by atoms with Crippen LogP contribution in [-0.4, -0.2) is 37.8 Å². The molecule has 1 aromatic carbocycles. The Balaban J connectivity index is 2.11. The number of hydrogen-bond donors (Lipinski definition) is 0. The van der Waals surface area contributed by atoms with Crippen LogP contribution in [0, 0.1) is 0 Å². The Morgan fingerprint density at radius 1 is 1.00 bits per heavy atom. The minimum absolute atomic E-state index is 0.0322. The van der Waals surface area contributed by atoms with E-state index in [-0.39, 0.29) is 33.2 Å². The monoisotopic (exact) mass is 467 g/mol. The van der Waals surface area contributed by atoms with Gasteiger partial charge in [0, 0.05) is 26.2 Å². The molecule has 0 fully saturated rings. The zero-order valence-corrected chi connectivity index (χ0v) is 18.5. The van der Waals surface area contributed by atoms with Gasteiger partial charge < -0.3 is 4.57 Å². The summed E-state index contributed by atoms with van der Waals surface area (Å²) < 4.78 is 69.5. The number of sulfone groups is 1. The molecule has 0 bridgehead atoms. The smallest absolute Gasteiger partial charge is 0.326 e. The van der Waals surface area contributed by atoms with Crippen LogP contribution in [0.5, 0.6) is 0 Å². The van der Waals surface area contributed by atoms with E-state index in [1.54, 1.807) is 27.1 Å². The van der Waals surface area contributed by atoms with Crippen LogP contribution >= 0.6 is 0 Å². The first-order valence-electron chi connectivity index (χ1n) is 9.76. The first-order valence-corrected chi connectivity index (χ1v) is 11.4. The predicted octanol–water partition coefficient (Wildman–Crippen LogP) is 3.12. The van der Waals surface area contributed by atoms with Crippen molar-refractivity contribution >= 4 is 31.9 Å². The van der Waals surface area contributed by atoms with E-state index >= 15 is 0 Å². The lowest BCUT2D eigenvalue weighted by Gasteiger charge is -2.11. The predicted molar refractivity (Wildman–Crippen MR) is 113 cm³/mol. The molecular formula is C20H20F3N5O3S. The maximum absolute atomic E-state index is 13.1. The first kappa shape index (κ1) is 22.1. The summed E-state index contributed by atoms with van der Waals surface area (Å²) in [6, 6.07) is 3.81. The first-order chi connectivity index (χ1) is 14.9. The third kappa shape index (κ3) is 3.20. The minimum Gasteiger partial charge on any atom is -0.326 e. The molecule has 12 heteroatoms. The normalized spacial score (nSPS) is 12.8. The largest absolute Gasteiger partial charge is 0.433 e. The number of halogens is 3. The highest BCUT2D eigenvalue weighted by Crippen LogP contribution is 2.35. The molecule has 4 rings (SSSR count). The fourth-order valence-corrected chi connectivity index (χ4v) is 4.89. The van der Waals surface area contributed by atoms with Gasteiger partial charge in [0.25, 0.3) is 0 Å². The number of benzene rings is 1. The van der Waals surface area contributed by atoms with E-state index in [4.69, 9.17) is 0 Å². The average molecular weight is 467 g/mol. The Hall–Kier alpha value is -3.15. The van der Waals surface area contributed by atoms with E-state index < -0.39 is 21.7 Å². The molecule has 3 aromatic heterocycles. The van der Waals surface area contributed by atoms with Gasteiger partial charge in [-0.05, 0) is 25.1 Å². The van der Waals surface area contributed by atoms with E-state index in [1.807, 2.05) is 0 Å². The highest BCUT2D eigenvalue weighted by Gasteiger charge is 2.33. The summed E-state index contributed by atoms with van der Waals surface area (Å²) >= 11 is 0. The quantitative estimate of drug-likeness (QED) is 0.460. The summed E-state index contributed by atoms with van der Waals surface area (Å²) in [7, 11) is -0.612. The number of nitrogens with zero attached hydrogens (tertiary/aromatic N) is 5. The number of aryl methyl sites for hydroxylation is 3. The van der Waals surface area contributed by atoms with Crippen molar-refractivity contribution in [1.82, 2.24) is 23.7 Å². The number of alkyl halides is 3.